The molecule has 1 aliphatic rings. The molecule has 0 saturated heterocycles. The molecule has 0 radical (unpaired) electrons. The third kappa shape index (κ3) is 3.30. The van der Waals surface area contributed by atoms with Gasteiger partial charge in [0.2, 0.25) is 5.89 Å². The maximum absolute atomic E-state index is 5.78. The van der Waals surface area contributed by atoms with Gasteiger partial charge in [-0.05, 0) is 51.0 Å². The van der Waals surface area contributed by atoms with Crippen molar-refractivity contribution in [3.8, 4) is 11.5 Å². The van der Waals surface area contributed by atoms with Crippen LogP contribution < -0.4 is 5.32 Å². The molecule has 0 aliphatic carbocycles. The minimum atomic E-state index is -0.128. The van der Waals surface area contributed by atoms with Crippen LogP contribution in [0.3, 0.4) is 0 Å². The van der Waals surface area contributed by atoms with Gasteiger partial charge in [-0.1, -0.05) is 11.2 Å². The predicted octanol–water partition coefficient (Wildman–Crippen LogP) is 4.23. The summed E-state index contributed by atoms with van der Waals surface area (Å²) in [6.45, 7) is 7.60. The Labute approximate surface area is 146 Å². The Balaban J connectivity index is 1.70. The number of aromatic nitrogens is 3. The summed E-state index contributed by atoms with van der Waals surface area (Å²) in [6.07, 6.45) is 5.14. The molecule has 0 fully saturated rings. The van der Waals surface area contributed by atoms with E-state index in [1.165, 1.54) is 11.1 Å². The minimum Gasteiger partial charge on any atom is -0.403 e. The molecule has 0 atom stereocenters. The summed E-state index contributed by atoms with van der Waals surface area (Å²) < 4.78 is 11.2. The fourth-order valence-corrected chi connectivity index (χ4v) is 3.00. The number of hydrogen-bond acceptors (Lipinski definition) is 5. The van der Waals surface area contributed by atoms with E-state index in [9.17, 15) is 0 Å². The van der Waals surface area contributed by atoms with Crippen LogP contribution in [-0.2, 0) is 4.74 Å². The third-order valence-electron chi connectivity index (χ3n) is 4.14. The summed E-state index contributed by atoms with van der Waals surface area (Å²) in [6, 6.07) is 6.58. The van der Waals surface area contributed by atoms with Gasteiger partial charge in [-0.3, -0.25) is 0 Å². The lowest BCUT2D eigenvalue weighted by molar-refractivity contribution is 0.161. The number of nitrogens with one attached hydrogen (secondary N) is 2. The number of ether oxygens (including phenoxy) is 1. The number of hydrogen-bond donors (Lipinski definition) is 2. The number of H-pyrrole nitrogens is 1. The van der Waals surface area contributed by atoms with Crippen LogP contribution in [0.2, 0.25) is 0 Å². The number of fused-ring (bicyclic) bond motifs is 1. The molecular weight excluding hydrogens is 316 g/mol. The molecular formula is C19H22N4O2. The first-order chi connectivity index (χ1) is 12.0. The monoisotopic (exact) mass is 338 g/mol. The number of benzene rings is 1. The molecule has 3 heterocycles. The van der Waals surface area contributed by atoms with E-state index in [4.69, 9.17) is 9.15 Å². The van der Waals surface area contributed by atoms with Crippen molar-refractivity contribution in [1.29, 1.82) is 0 Å². The second kappa shape index (κ2) is 6.04. The van der Waals surface area contributed by atoms with Crippen molar-refractivity contribution >= 4 is 22.5 Å². The molecule has 1 aromatic carbocycles. The van der Waals surface area contributed by atoms with Gasteiger partial charge in [0, 0.05) is 33.8 Å². The molecule has 6 nitrogen and oxygen atoms in total. The molecule has 0 amide bonds. The molecule has 4 rings (SSSR count). The Hall–Kier alpha value is -2.60. The molecule has 0 unspecified atom stereocenters. The second-order valence-electron chi connectivity index (χ2n) is 7.30. The van der Waals surface area contributed by atoms with Gasteiger partial charge in [-0.2, -0.15) is 0 Å². The predicted molar refractivity (Wildman–Crippen MR) is 98.4 cm³/mol. The Morgan fingerprint density at radius 3 is 2.84 bits per heavy atom. The topological polar surface area (TPSA) is 76.0 Å². The normalized spacial score (nSPS) is 15.4. The van der Waals surface area contributed by atoms with E-state index in [0.29, 0.717) is 18.5 Å². The highest BCUT2D eigenvalue weighted by molar-refractivity contribution is 5.94. The summed E-state index contributed by atoms with van der Waals surface area (Å²) >= 11 is 0. The van der Waals surface area contributed by atoms with Crippen molar-refractivity contribution in [3.05, 3.63) is 36.0 Å². The summed E-state index contributed by atoms with van der Waals surface area (Å²) in [5, 5.41) is 12.6. The van der Waals surface area contributed by atoms with Crippen molar-refractivity contribution in [3.63, 3.8) is 0 Å². The van der Waals surface area contributed by atoms with Crippen LogP contribution >= 0.6 is 0 Å². The van der Waals surface area contributed by atoms with Gasteiger partial charge in [0.1, 0.15) is 0 Å². The standard InChI is InChI=1S/C19H22N4O2/c1-19(2,3)21-18-23-22-17(25-18)13-4-5-16-14(10-13)15(11-20-16)12-6-8-24-9-7-12/h4-6,10-11,20H,7-9H2,1-3H3,(H,21,23). The SMILES string of the molecule is CC(C)(C)Nc1nnc(-c2ccc3[nH]cc(C4=CCOCC4)c3c2)o1. The third-order valence-corrected chi connectivity index (χ3v) is 4.14. The fraction of sp³-hybridized carbons (Fsp3) is 0.368. The highest BCUT2D eigenvalue weighted by Gasteiger charge is 2.17. The van der Waals surface area contributed by atoms with Gasteiger partial charge in [0.15, 0.2) is 0 Å². The van der Waals surface area contributed by atoms with E-state index in [1.807, 2.05) is 6.07 Å². The average molecular weight is 338 g/mol. The van der Waals surface area contributed by atoms with Crippen LogP contribution in [0.5, 0.6) is 0 Å². The quantitative estimate of drug-likeness (QED) is 0.747. The van der Waals surface area contributed by atoms with Crippen molar-refractivity contribution in [1.82, 2.24) is 15.2 Å². The van der Waals surface area contributed by atoms with E-state index >= 15 is 0 Å². The molecule has 1 aliphatic heterocycles. The highest BCUT2D eigenvalue weighted by atomic mass is 16.5. The summed E-state index contributed by atoms with van der Waals surface area (Å²) in [4.78, 5) is 3.34. The number of anilines is 1. The van der Waals surface area contributed by atoms with E-state index in [1.54, 1.807) is 0 Å². The van der Waals surface area contributed by atoms with Gasteiger partial charge in [0.25, 0.3) is 0 Å². The Bertz CT molecular complexity index is 930. The first-order valence-electron chi connectivity index (χ1n) is 8.50. The van der Waals surface area contributed by atoms with E-state index in [0.717, 1.165) is 29.5 Å². The van der Waals surface area contributed by atoms with E-state index < -0.39 is 0 Å². The lowest BCUT2D eigenvalue weighted by Gasteiger charge is -2.17. The molecule has 6 heteroatoms. The Morgan fingerprint density at radius 1 is 1.20 bits per heavy atom. The molecule has 2 N–H and O–H groups in total. The lowest BCUT2D eigenvalue weighted by atomic mass is 10.00. The average Bonchev–Trinajstić information content (AvgIpc) is 3.20. The van der Waals surface area contributed by atoms with Gasteiger partial charge in [-0.25, -0.2) is 0 Å². The summed E-state index contributed by atoms with van der Waals surface area (Å²) in [7, 11) is 0. The maximum atomic E-state index is 5.78. The van der Waals surface area contributed by atoms with Crippen LogP contribution in [0.25, 0.3) is 27.9 Å². The van der Waals surface area contributed by atoms with Crippen molar-refractivity contribution in [2.24, 2.45) is 0 Å². The zero-order chi connectivity index (χ0) is 17.4. The number of rotatable bonds is 3. The first-order valence-corrected chi connectivity index (χ1v) is 8.50. The van der Waals surface area contributed by atoms with Crippen molar-refractivity contribution < 1.29 is 9.15 Å². The van der Waals surface area contributed by atoms with Gasteiger partial charge < -0.3 is 19.5 Å². The maximum Gasteiger partial charge on any atom is 0.316 e. The zero-order valence-corrected chi connectivity index (χ0v) is 14.7. The highest BCUT2D eigenvalue weighted by Crippen LogP contribution is 2.32. The molecule has 0 bridgehead atoms. The summed E-state index contributed by atoms with van der Waals surface area (Å²) in [5.74, 6) is 0.516. The first kappa shape index (κ1) is 15.9. The number of nitrogens with zero attached hydrogens (tertiary/aromatic N) is 2. The zero-order valence-electron chi connectivity index (χ0n) is 14.7. The van der Waals surface area contributed by atoms with E-state index in [2.05, 4.69) is 65.7 Å². The Kier molecular flexibility index (Phi) is 3.84. The fourth-order valence-electron chi connectivity index (χ4n) is 3.00. The van der Waals surface area contributed by atoms with Crippen LogP contribution in [0.15, 0.2) is 34.9 Å². The molecule has 25 heavy (non-hydrogen) atoms. The number of aromatic amines is 1. The van der Waals surface area contributed by atoms with Crippen LogP contribution in [0.4, 0.5) is 6.01 Å². The molecule has 0 saturated carbocycles. The van der Waals surface area contributed by atoms with Crippen LogP contribution in [-0.4, -0.2) is 33.9 Å². The lowest BCUT2D eigenvalue weighted by Crippen LogP contribution is -2.26. The molecule has 0 spiro atoms. The minimum absolute atomic E-state index is 0.128. The largest absolute Gasteiger partial charge is 0.403 e. The van der Waals surface area contributed by atoms with Gasteiger partial charge in [-0.15, -0.1) is 5.10 Å². The van der Waals surface area contributed by atoms with Crippen molar-refractivity contribution in [2.45, 2.75) is 32.7 Å². The van der Waals surface area contributed by atoms with Gasteiger partial charge in [0.05, 0.1) is 13.2 Å². The molecule has 3 aromatic rings. The Morgan fingerprint density at radius 2 is 2.08 bits per heavy atom. The van der Waals surface area contributed by atoms with Crippen molar-refractivity contribution in [2.75, 3.05) is 18.5 Å². The van der Waals surface area contributed by atoms with Crippen LogP contribution in [0.1, 0.15) is 32.8 Å². The van der Waals surface area contributed by atoms with Crippen LogP contribution in [0, 0.1) is 0 Å². The second-order valence-corrected chi connectivity index (χ2v) is 7.30. The van der Waals surface area contributed by atoms with Gasteiger partial charge >= 0.3 is 6.01 Å². The summed E-state index contributed by atoms with van der Waals surface area (Å²) in [5.41, 5.74) is 4.41. The van der Waals surface area contributed by atoms with E-state index in [-0.39, 0.29) is 5.54 Å². The smallest absolute Gasteiger partial charge is 0.316 e. The molecule has 2 aromatic heterocycles. The molecule has 130 valence electrons.